The van der Waals surface area contributed by atoms with Crippen LogP contribution >= 0.6 is 11.3 Å². The number of nitrogens with zero attached hydrogens (tertiary/aromatic N) is 1. The Kier molecular flexibility index (Phi) is 7.09. The molecule has 20 heavy (non-hydrogen) atoms. The molecule has 5 heteroatoms. The van der Waals surface area contributed by atoms with E-state index < -0.39 is 0 Å². The van der Waals surface area contributed by atoms with E-state index in [1.54, 1.807) is 25.6 Å². The molecular formula is C15H28N2O2S. The van der Waals surface area contributed by atoms with Gasteiger partial charge < -0.3 is 14.8 Å². The molecule has 0 saturated carbocycles. The largest absolute Gasteiger partial charge is 0.383 e. The SMILES string of the molecule is CCc1nc(C(CC(C)(C)OC)NCCOC)sc1C. The molecule has 4 nitrogen and oxygen atoms in total. The van der Waals surface area contributed by atoms with Gasteiger partial charge in [0.05, 0.1) is 23.9 Å². The third-order valence-electron chi connectivity index (χ3n) is 3.49. The van der Waals surface area contributed by atoms with E-state index in [1.807, 2.05) is 0 Å². The maximum absolute atomic E-state index is 5.56. The first-order valence-corrected chi connectivity index (χ1v) is 7.98. The van der Waals surface area contributed by atoms with Gasteiger partial charge in [0.2, 0.25) is 0 Å². The molecule has 1 atom stereocenters. The van der Waals surface area contributed by atoms with Crippen LogP contribution in [0.5, 0.6) is 0 Å². The molecule has 0 radical (unpaired) electrons. The van der Waals surface area contributed by atoms with Gasteiger partial charge in [-0.05, 0) is 33.6 Å². The summed E-state index contributed by atoms with van der Waals surface area (Å²) in [5, 5.41) is 4.69. The van der Waals surface area contributed by atoms with Crippen LogP contribution in [0.3, 0.4) is 0 Å². The average Bonchev–Trinajstić information content (AvgIpc) is 2.79. The summed E-state index contributed by atoms with van der Waals surface area (Å²) in [6.45, 7) is 10.0. The number of rotatable bonds is 9. The van der Waals surface area contributed by atoms with Crippen molar-refractivity contribution in [3.05, 3.63) is 15.6 Å². The monoisotopic (exact) mass is 300 g/mol. The van der Waals surface area contributed by atoms with Gasteiger partial charge in [-0.2, -0.15) is 0 Å². The van der Waals surface area contributed by atoms with Crippen LogP contribution in [0.4, 0.5) is 0 Å². The Labute approximate surface area is 126 Å². The van der Waals surface area contributed by atoms with Crippen LogP contribution in [0.25, 0.3) is 0 Å². The molecule has 0 bridgehead atoms. The lowest BCUT2D eigenvalue weighted by Crippen LogP contribution is -2.33. The van der Waals surface area contributed by atoms with E-state index in [0.717, 1.165) is 24.4 Å². The third kappa shape index (κ3) is 5.13. The number of methoxy groups -OCH3 is 2. The molecule has 1 aromatic heterocycles. The fourth-order valence-corrected chi connectivity index (χ4v) is 3.17. The first kappa shape index (κ1) is 17.6. The molecule has 116 valence electrons. The van der Waals surface area contributed by atoms with Gasteiger partial charge in [0.15, 0.2) is 0 Å². The molecule has 0 saturated heterocycles. The smallest absolute Gasteiger partial charge is 0.110 e. The van der Waals surface area contributed by atoms with Gasteiger partial charge in [0.25, 0.3) is 0 Å². The van der Waals surface area contributed by atoms with E-state index in [0.29, 0.717) is 6.61 Å². The van der Waals surface area contributed by atoms with Gasteiger partial charge in [-0.3, -0.25) is 0 Å². The molecule has 0 fully saturated rings. The van der Waals surface area contributed by atoms with Crippen LogP contribution in [-0.4, -0.2) is 38.0 Å². The highest BCUT2D eigenvalue weighted by atomic mass is 32.1. The minimum absolute atomic E-state index is 0.170. The van der Waals surface area contributed by atoms with Crippen molar-refractivity contribution in [2.75, 3.05) is 27.4 Å². The van der Waals surface area contributed by atoms with Gasteiger partial charge in [-0.15, -0.1) is 11.3 Å². The maximum atomic E-state index is 5.56. The molecule has 0 spiro atoms. The fraction of sp³-hybridized carbons (Fsp3) is 0.800. The lowest BCUT2D eigenvalue weighted by Gasteiger charge is -2.28. The lowest BCUT2D eigenvalue weighted by atomic mass is 9.99. The highest BCUT2D eigenvalue weighted by molar-refractivity contribution is 7.11. The average molecular weight is 300 g/mol. The minimum Gasteiger partial charge on any atom is -0.383 e. The molecule has 0 amide bonds. The Morgan fingerprint density at radius 1 is 1.35 bits per heavy atom. The molecule has 1 unspecified atom stereocenters. The summed E-state index contributed by atoms with van der Waals surface area (Å²) >= 11 is 1.79. The van der Waals surface area contributed by atoms with Crippen LogP contribution in [0.15, 0.2) is 0 Å². The van der Waals surface area contributed by atoms with Crippen LogP contribution < -0.4 is 5.32 Å². The molecular weight excluding hydrogens is 272 g/mol. The first-order chi connectivity index (χ1) is 9.43. The van der Waals surface area contributed by atoms with Gasteiger partial charge in [0, 0.05) is 25.6 Å². The van der Waals surface area contributed by atoms with Crippen LogP contribution in [0.1, 0.15) is 48.8 Å². The van der Waals surface area contributed by atoms with Crippen molar-refractivity contribution in [3.8, 4) is 0 Å². The molecule has 0 aliphatic carbocycles. The molecule has 1 heterocycles. The summed E-state index contributed by atoms with van der Waals surface area (Å²) < 4.78 is 10.7. The first-order valence-electron chi connectivity index (χ1n) is 7.17. The van der Waals surface area contributed by atoms with Crippen LogP contribution in [0.2, 0.25) is 0 Å². The number of ether oxygens (including phenoxy) is 2. The predicted octanol–water partition coefficient (Wildman–Crippen LogP) is 3.11. The zero-order valence-electron chi connectivity index (χ0n) is 13.6. The zero-order chi connectivity index (χ0) is 15.2. The minimum atomic E-state index is -0.170. The third-order valence-corrected chi connectivity index (χ3v) is 4.61. The zero-order valence-corrected chi connectivity index (χ0v) is 14.4. The standard InChI is InChI=1S/C15H28N2O2S/c1-7-12-11(2)20-14(17-12)13(16-8-9-18-5)10-15(3,4)19-6/h13,16H,7-10H2,1-6H3. The molecule has 1 rings (SSSR count). The lowest BCUT2D eigenvalue weighted by molar-refractivity contribution is 0.00630. The predicted molar refractivity (Wildman–Crippen MR) is 84.6 cm³/mol. The van der Waals surface area contributed by atoms with Crippen molar-refractivity contribution in [2.45, 2.75) is 52.2 Å². The quantitative estimate of drug-likeness (QED) is 0.712. The summed E-state index contributed by atoms with van der Waals surface area (Å²) in [4.78, 5) is 6.10. The highest BCUT2D eigenvalue weighted by Gasteiger charge is 2.26. The summed E-state index contributed by atoms with van der Waals surface area (Å²) in [5.41, 5.74) is 1.04. The maximum Gasteiger partial charge on any atom is 0.110 e. The normalized spacial score (nSPS) is 13.7. The van der Waals surface area contributed by atoms with Crippen molar-refractivity contribution in [1.29, 1.82) is 0 Å². The van der Waals surface area contributed by atoms with Crippen molar-refractivity contribution in [3.63, 3.8) is 0 Å². The van der Waals surface area contributed by atoms with Gasteiger partial charge in [-0.25, -0.2) is 4.98 Å². The Balaban J connectivity index is 2.84. The molecule has 0 aromatic carbocycles. The second-order valence-corrected chi connectivity index (χ2v) is 6.81. The Morgan fingerprint density at radius 3 is 2.55 bits per heavy atom. The number of thiazole rings is 1. The van der Waals surface area contributed by atoms with E-state index in [-0.39, 0.29) is 11.6 Å². The van der Waals surface area contributed by atoms with Crippen molar-refractivity contribution in [1.82, 2.24) is 10.3 Å². The van der Waals surface area contributed by atoms with E-state index in [1.165, 1.54) is 10.6 Å². The summed E-state index contributed by atoms with van der Waals surface area (Å²) in [5.74, 6) is 0. The van der Waals surface area contributed by atoms with Crippen molar-refractivity contribution in [2.24, 2.45) is 0 Å². The fourth-order valence-electron chi connectivity index (χ4n) is 2.08. The van der Waals surface area contributed by atoms with Gasteiger partial charge >= 0.3 is 0 Å². The van der Waals surface area contributed by atoms with E-state index in [4.69, 9.17) is 14.5 Å². The van der Waals surface area contributed by atoms with E-state index in [9.17, 15) is 0 Å². The molecule has 1 aromatic rings. The Bertz CT molecular complexity index is 405. The van der Waals surface area contributed by atoms with Gasteiger partial charge in [0.1, 0.15) is 5.01 Å². The second kappa shape index (κ2) is 8.08. The molecule has 0 aliphatic rings. The highest BCUT2D eigenvalue weighted by Crippen LogP contribution is 2.30. The summed E-state index contributed by atoms with van der Waals surface area (Å²) in [7, 11) is 3.48. The number of hydrogen-bond donors (Lipinski definition) is 1. The number of hydrogen-bond acceptors (Lipinski definition) is 5. The van der Waals surface area contributed by atoms with Gasteiger partial charge in [-0.1, -0.05) is 6.92 Å². The topological polar surface area (TPSA) is 43.4 Å². The van der Waals surface area contributed by atoms with E-state index in [2.05, 4.69) is 33.0 Å². The molecule has 1 N–H and O–H groups in total. The van der Waals surface area contributed by atoms with Crippen molar-refractivity contribution >= 4 is 11.3 Å². The van der Waals surface area contributed by atoms with Crippen LogP contribution in [-0.2, 0) is 15.9 Å². The number of aromatic nitrogens is 1. The van der Waals surface area contributed by atoms with E-state index >= 15 is 0 Å². The number of nitrogens with one attached hydrogen (secondary N) is 1. The van der Waals surface area contributed by atoms with Crippen molar-refractivity contribution < 1.29 is 9.47 Å². The summed E-state index contributed by atoms with van der Waals surface area (Å²) in [6, 6.07) is 0.212. The van der Waals surface area contributed by atoms with Crippen LogP contribution in [0, 0.1) is 6.92 Å². The summed E-state index contributed by atoms with van der Waals surface area (Å²) in [6.07, 6.45) is 1.88. The number of aryl methyl sites for hydroxylation is 2. The second-order valence-electron chi connectivity index (χ2n) is 5.58. The molecule has 0 aliphatic heterocycles. The Hall–Kier alpha value is -0.490. The Morgan fingerprint density at radius 2 is 2.05 bits per heavy atom.